The monoisotopic (exact) mass is 253 g/mol. The summed E-state index contributed by atoms with van der Waals surface area (Å²) in [6.07, 6.45) is 2.72. The van der Waals surface area contributed by atoms with E-state index in [0.29, 0.717) is 17.7 Å². The van der Waals surface area contributed by atoms with E-state index < -0.39 is 0 Å². The molecule has 19 heavy (non-hydrogen) atoms. The summed E-state index contributed by atoms with van der Waals surface area (Å²) < 4.78 is 15.6. The molecule has 0 aliphatic rings. The van der Waals surface area contributed by atoms with E-state index in [0.717, 1.165) is 17.2 Å². The maximum Gasteiger partial charge on any atom is 0.150 e. The summed E-state index contributed by atoms with van der Waals surface area (Å²) in [6.45, 7) is 0.457. The van der Waals surface area contributed by atoms with Gasteiger partial charge >= 0.3 is 0 Å². The van der Waals surface area contributed by atoms with Crippen LogP contribution in [0.2, 0.25) is 0 Å². The van der Waals surface area contributed by atoms with E-state index in [4.69, 9.17) is 0 Å². The minimum Gasteiger partial charge on any atom is -0.343 e. The molecule has 3 rings (SSSR count). The van der Waals surface area contributed by atoms with E-state index in [1.54, 1.807) is 18.2 Å². The van der Waals surface area contributed by atoms with Crippen LogP contribution < -0.4 is 0 Å². The Balaban J connectivity index is 2.07. The Kier molecular flexibility index (Phi) is 2.88. The lowest BCUT2D eigenvalue weighted by atomic mass is 10.1. The number of carbonyl (C=O) groups excluding carboxylic acids is 1. The van der Waals surface area contributed by atoms with E-state index in [1.165, 1.54) is 6.07 Å². The van der Waals surface area contributed by atoms with Crippen molar-refractivity contribution in [3.05, 3.63) is 71.7 Å². The predicted molar refractivity (Wildman–Crippen MR) is 72.8 cm³/mol. The van der Waals surface area contributed by atoms with Gasteiger partial charge in [-0.05, 0) is 18.2 Å². The summed E-state index contributed by atoms with van der Waals surface area (Å²) in [4.78, 5) is 11.0. The number of aromatic nitrogens is 1. The van der Waals surface area contributed by atoms with Gasteiger partial charge in [-0.15, -0.1) is 0 Å². The average Bonchev–Trinajstić information content (AvgIpc) is 2.84. The Labute approximate surface area is 110 Å². The topological polar surface area (TPSA) is 22.0 Å². The second-order valence-corrected chi connectivity index (χ2v) is 4.43. The van der Waals surface area contributed by atoms with Crippen LogP contribution in [-0.4, -0.2) is 10.9 Å². The van der Waals surface area contributed by atoms with Crippen molar-refractivity contribution >= 4 is 17.2 Å². The van der Waals surface area contributed by atoms with Crippen LogP contribution in [0.3, 0.4) is 0 Å². The molecule has 0 fully saturated rings. The third-order valence-corrected chi connectivity index (χ3v) is 3.27. The fraction of sp³-hybridized carbons (Fsp3) is 0.0625. The molecule has 0 aliphatic heterocycles. The zero-order valence-electron chi connectivity index (χ0n) is 10.2. The molecule has 0 radical (unpaired) electrons. The second-order valence-electron chi connectivity index (χ2n) is 4.43. The molecule has 2 nitrogen and oxygen atoms in total. The van der Waals surface area contributed by atoms with Gasteiger partial charge in [-0.25, -0.2) is 4.39 Å². The molecule has 2 aromatic carbocycles. The lowest BCUT2D eigenvalue weighted by molar-refractivity contribution is 0.112. The van der Waals surface area contributed by atoms with Crippen LogP contribution in [0.5, 0.6) is 0 Å². The highest BCUT2D eigenvalue weighted by Gasteiger charge is 2.07. The first-order valence-electron chi connectivity index (χ1n) is 6.06. The first-order valence-corrected chi connectivity index (χ1v) is 6.06. The van der Waals surface area contributed by atoms with E-state index in [9.17, 15) is 9.18 Å². The molecule has 0 spiro atoms. The summed E-state index contributed by atoms with van der Waals surface area (Å²) in [5.74, 6) is -0.212. The van der Waals surface area contributed by atoms with Crippen molar-refractivity contribution in [2.45, 2.75) is 6.54 Å². The molecule has 0 unspecified atom stereocenters. The van der Waals surface area contributed by atoms with Gasteiger partial charge in [0, 0.05) is 28.2 Å². The molecular formula is C16H12FNO. The van der Waals surface area contributed by atoms with Crippen LogP contribution in [-0.2, 0) is 6.54 Å². The molecular weight excluding hydrogens is 241 g/mol. The van der Waals surface area contributed by atoms with Gasteiger partial charge in [0.05, 0.1) is 6.54 Å². The standard InChI is InChI=1S/C16H12FNO/c17-15-6-2-1-4-12(15)10-18-9-8-14-13(11-19)5-3-7-16(14)18/h1-9,11H,10H2. The minimum atomic E-state index is -0.212. The van der Waals surface area contributed by atoms with Crippen LogP contribution in [0.25, 0.3) is 10.9 Å². The number of carbonyl (C=O) groups is 1. The lowest BCUT2D eigenvalue weighted by Crippen LogP contribution is -2.00. The third-order valence-electron chi connectivity index (χ3n) is 3.27. The number of benzene rings is 2. The first kappa shape index (κ1) is 11.7. The van der Waals surface area contributed by atoms with Crippen molar-refractivity contribution in [2.75, 3.05) is 0 Å². The number of halogens is 1. The van der Waals surface area contributed by atoms with Crippen LogP contribution in [0.4, 0.5) is 4.39 Å². The lowest BCUT2D eigenvalue weighted by Gasteiger charge is -2.07. The van der Waals surface area contributed by atoms with Crippen molar-refractivity contribution in [3.63, 3.8) is 0 Å². The summed E-state index contributed by atoms with van der Waals surface area (Å²) in [5.41, 5.74) is 2.23. The Bertz CT molecular complexity index is 745. The van der Waals surface area contributed by atoms with Gasteiger partial charge in [0.1, 0.15) is 5.82 Å². The molecule has 1 heterocycles. The summed E-state index contributed by atoms with van der Waals surface area (Å²) in [6, 6.07) is 14.2. The van der Waals surface area contributed by atoms with Gasteiger partial charge in [-0.2, -0.15) is 0 Å². The maximum absolute atomic E-state index is 13.7. The molecule has 0 amide bonds. The molecule has 0 saturated carbocycles. The SMILES string of the molecule is O=Cc1cccc2c1ccn2Cc1ccccc1F. The fourth-order valence-electron chi connectivity index (χ4n) is 2.30. The van der Waals surface area contributed by atoms with Gasteiger partial charge in [-0.3, -0.25) is 4.79 Å². The average molecular weight is 253 g/mol. The molecule has 0 aliphatic carbocycles. The molecule has 0 bridgehead atoms. The predicted octanol–water partition coefficient (Wildman–Crippen LogP) is 3.64. The van der Waals surface area contributed by atoms with Crippen molar-refractivity contribution in [1.82, 2.24) is 4.57 Å². The Hall–Kier alpha value is -2.42. The van der Waals surface area contributed by atoms with Crippen molar-refractivity contribution in [1.29, 1.82) is 0 Å². The maximum atomic E-state index is 13.7. The van der Waals surface area contributed by atoms with Crippen LogP contribution in [0.15, 0.2) is 54.7 Å². The van der Waals surface area contributed by atoms with Gasteiger partial charge in [0.2, 0.25) is 0 Å². The minimum absolute atomic E-state index is 0.212. The fourth-order valence-corrected chi connectivity index (χ4v) is 2.30. The molecule has 3 heteroatoms. The number of nitrogens with zero attached hydrogens (tertiary/aromatic N) is 1. The second kappa shape index (κ2) is 4.69. The largest absolute Gasteiger partial charge is 0.343 e. The summed E-state index contributed by atoms with van der Waals surface area (Å²) in [5, 5.41) is 0.897. The normalized spacial score (nSPS) is 10.8. The van der Waals surface area contributed by atoms with Crippen molar-refractivity contribution in [2.24, 2.45) is 0 Å². The van der Waals surface area contributed by atoms with Gasteiger partial charge in [-0.1, -0.05) is 30.3 Å². The zero-order valence-corrected chi connectivity index (χ0v) is 10.2. The number of rotatable bonds is 3. The number of hydrogen-bond donors (Lipinski definition) is 0. The quantitative estimate of drug-likeness (QED) is 0.653. The van der Waals surface area contributed by atoms with Crippen LogP contribution >= 0.6 is 0 Å². The number of fused-ring (bicyclic) bond motifs is 1. The Morgan fingerprint density at radius 2 is 1.89 bits per heavy atom. The highest BCUT2D eigenvalue weighted by molar-refractivity contribution is 5.97. The van der Waals surface area contributed by atoms with E-state index >= 15 is 0 Å². The highest BCUT2D eigenvalue weighted by atomic mass is 19.1. The first-order chi connectivity index (χ1) is 9.29. The number of hydrogen-bond acceptors (Lipinski definition) is 1. The van der Waals surface area contributed by atoms with Crippen LogP contribution in [0.1, 0.15) is 15.9 Å². The van der Waals surface area contributed by atoms with Crippen molar-refractivity contribution in [3.8, 4) is 0 Å². The zero-order chi connectivity index (χ0) is 13.2. The van der Waals surface area contributed by atoms with E-state index in [1.807, 2.05) is 35.0 Å². The third kappa shape index (κ3) is 2.03. The van der Waals surface area contributed by atoms with E-state index in [-0.39, 0.29) is 5.82 Å². The molecule has 94 valence electrons. The Morgan fingerprint density at radius 1 is 1.05 bits per heavy atom. The molecule has 0 N–H and O–H groups in total. The smallest absolute Gasteiger partial charge is 0.150 e. The molecule has 0 atom stereocenters. The number of aldehydes is 1. The summed E-state index contributed by atoms with van der Waals surface area (Å²) in [7, 11) is 0. The molecule has 3 aromatic rings. The highest BCUT2D eigenvalue weighted by Crippen LogP contribution is 2.20. The van der Waals surface area contributed by atoms with Crippen LogP contribution in [0, 0.1) is 5.82 Å². The summed E-state index contributed by atoms with van der Waals surface area (Å²) >= 11 is 0. The van der Waals surface area contributed by atoms with Gasteiger partial charge in [0.15, 0.2) is 6.29 Å². The Morgan fingerprint density at radius 3 is 2.68 bits per heavy atom. The molecule has 0 saturated heterocycles. The van der Waals surface area contributed by atoms with Crippen molar-refractivity contribution < 1.29 is 9.18 Å². The van der Waals surface area contributed by atoms with Gasteiger partial charge < -0.3 is 4.57 Å². The van der Waals surface area contributed by atoms with Gasteiger partial charge in [0.25, 0.3) is 0 Å². The molecule has 1 aromatic heterocycles. The van der Waals surface area contributed by atoms with E-state index in [2.05, 4.69) is 0 Å².